The molecule has 0 radical (unpaired) electrons. The number of fused-ring (bicyclic) bond motifs is 1. The Kier molecular flexibility index (Phi) is 7.16. The summed E-state index contributed by atoms with van der Waals surface area (Å²) in [6.45, 7) is 1.63. The Morgan fingerprint density at radius 2 is 1.98 bits per heavy atom. The molecule has 14 heteroatoms. The lowest BCUT2D eigenvalue weighted by molar-refractivity contribution is -0.131. The van der Waals surface area contributed by atoms with Crippen LogP contribution >= 0.6 is 0 Å². The van der Waals surface area contributed by atoms with Crippen LogP contribution in [0.1, 0.15) is 30.0 Å². The monoisotopic (exact) mass is 546 g/mol. The minimum Gasteiger partial charge on any atom is -0.493 e. The molecule has 0 saturated heterocycles. The number of aromatic nitrogens is 5. The first-order chi connectivity index (χ1) is 19.3. The fourth-order valence-electron chi connectivity index (χ4n) is 4.31. The standard InChI is InChI=1S/C26H26N8O6/c1-14(35)40-19-9-15(5-6-17(19)24(27)28)31-12-22-32-34(25-29-7-4-8-30-25)26(36)33(22)16-10-18-21(38-3)13-39-23(18)20(11-16)37-2/h4-11,21,31H,12-13H2,1-3H3,(H3,27,28)/t21-/m1/s1. The number of ether oxygens (including phenoxy) is 4. The number of anilines is 1. The van der Waals surface area contributed by atoms with Gasteiger partial charge in [-0.3, -0.25) is 10.2 Å². The first kappa shape index (κ1) is 26.4. The van der Waals surface area contributed by atoms with Gasteiger partial charge in [0.1, 0.15) is 24.3 Å². The Morgan fingerprint density at radius 3 is 2.65 bits per heavy atom. The maximum atomic E-state index is 13.7. The summed E-state index contributed by atoms with van der Waals surface area (Å²) >= 11 is 0. The number of esters is 1. The number of carbonyl (C=O) groups is 1. The largest absolute Gasteiger partial charge is 0.493 e. The number of hydrogen-bond acceptors (Lipinski definition) is 11. The van der Waals surface area contributed by atoms with Crippen LogP contribution in [0.2, 0.25) is 0 Å². The number of rotatable bonds is 9. The van der Waals surface area contributed by atoms with E-state index >= 15 is 0 Å². The second-order valence-corrected chi connectivity index (χ2v) is 8.67. The first-order valence-corrected chi connectivity index (χ1v) is 12.1. The average molecular weight is 547 g/mol. The van der Waals surface area contributed by atoms with Crippen LogP contribution in [-0.2, 0) is 16.1 Å². The van der Waals surface area contributed by atoms with Gasteiger partial charge in [0.15, 0.2) is 17.3 Å². The van der Waals surface area contributed by atoms with Gasteiger partial charge in [-0.05, 0) is 24.3 Å². The molecule has 5 rings (SSSR count). The minimum atomic E-state index is -0.556. The van der Waals surface area contributed by atoms with E-state index in [1.54, 1.807) is 37.4 Å². The zero-order valence-electron chi connectivity index (χ0n) is 21.9. The number of nitrogens with zero attached hydrogens (tertiary/aromatic N) is 5. The summed E-state index contributed by atoms with van der Waals surface area (Å²) < 4.78 is 24.6. The van der Waals surface area contributed by atoms with Crippen molar-refractivity contribution < 1.29 is 23.7 Å². The smallest absolute Gasteiger partial charge is 0.358 e. The highest BCUT2D eigenvalue weighted by Crippen LogP contribution is 2.43. The van der Waals surface area contributed by atoms with Crippen molar-refractivity contribution >= 4 is 17.5 Å². The van der Waals surface area contributed by atoms with Gasteiger partial charge in [-0.25, -0.2) is 19.3 Å². The van der Waals surface area contributed by atoms with Crippen molar-refractivity contribution in [3.05, 3.63) is 76.2 Å². The number of nitrogens with two attached hydrogens (primary N) is 1. The van der Waals surface area contributed by atoms with Crippen molar-refractivity contribution in [3.63, 3.8) is 0 Å². The second-order valence-electron chi connectivity index (χ2n) is 8.67. The Morgan fingerprint density at radius 1 is 1.20 bits per heavy atom. The number of benzene rings is 2. The molecule has 1 aliphatic rings. The van der Waals surface area contributed by atoms with Crippen LogP contribution in [0.5, 0.6) is 17.2 Å². The van der Waals surface area contributed by atoms with E-state index in [0.29, 0.717) is 35.3 Å². The molecule has 1 aliphatic heterocycles. The Hall–Kier alpha value is -5.24. The van der Waals surface area contributed by atoms with Crippen molar-refractivity contribution in [1.29, 1.82) is 5.41 Å². The maximum absolute atomic E-state index is 13.7. The van der Waals surface area contributed by atoms with Gasteiger partial charge in [0.05, 0.1) is 24.9 Å². The van der Waals surface area contributed by atoms with E-state index in [0.717, 1.165) is 10.2 Å². The molecule has 206 valence electrons. The summed E-state index contributed by atoms with van der Waals surface area (Å²) in [5.74, 6) is 0.722. The third-order valence-corrected chi connectivity index (χ3v) is 6.12. The number of hydrogen-bond donors (Lipinski definition) is 3. The molecule has 14 nitrogen and oxygen atoms in total. The molecule has 0 fully saturated rings. The summed E-state index contributed by atoms with van der Waals surface area (Å²) in [6, 6.07) is 9.87. The summed E-state index contributed by atoms with van der Waals surface area (Å²) in [5.41, 5.74) is 7.12. The molecular formula is C26H26N8O6. The van der Waals surface area contributed by atoms with Gasteiger partial charge in [-0.1, -0.05) is 0 Å². The quantitative estimate of drug-likeness (QED) is 0.120. The fraction of sp³-hybridized carbons (Fsp3) is 0.231. The van der Waals surface area contributed by atoms with Crippen molar-refractivity contribution in [2.24, 2.45) is 5.73 Å². The van der Waals surface area contributed by atoms with Crippen LogP contribution < -0.4 is 31.0 Å². The molecule has 40 heavy (non-hydrogen) atoms. The van der Waals surface area contributed by atoms with Crippen molar-refractivity contribution in [3.8, 4) is 28.9 Å². The predicted molar refractivity (Wildman–Crippen MR) is 143 cm³/mol. The zero-order valence-corrected chi connectivity index (χ0v) is 21.9. The van der Waals surface area contributed by atoms with Gasteiger partial charge < -0.3 is 30.0 Å². The summed E-state index contributed by atoms with van der Waals surface area (Å²) in [5, 5.41) is 15.4. The summed E-state index contributed by atoms with van der Waals surface area (Å²) in [4.78, 5) is 33.6. The lowest BCUT2D eigenvalue weighted by atomic mass is 10.1. The molecule has 0 amide bonds. The van der Waals surface area contributed by atoms with E-state index in [-0.39, 0.29) is 35.7 Å². The van der Waals surface area contributed by atoms with Crippen LogP contribution in [0.25, 0.3) is 11.6 Å². The highest BCUT2D eigenvalue weighted by Gasteiger charge is 2.30. The number of carbonyl (C=O) groups excluding carboxylic acids is 1. The SMILES string of the molecule is COc1cc(-n2c(CNc3ccc(C(=N)N)c(OC(C)=O)c3)nn(-c3ncccn3)c2=O)cc2c1OC[C@H]2OC. The molecule has 0 saturated carbocycles. The van der Waals surface area contributed by atoms with Crippen molar-refractivity contribution in [2.45, 2.75) is 19.6 Å². The van der Waals surface area contributed by atoms with Gasteiger partial charge in [0.25, 0.3) is 5.95 Å². The van der Waals surface area contributed by atoms with Crippen LogP contribution in [0.4, 0.5) is 5.69 Å². The number of amidine groups is 1. The van der Waals surface area contributed by atoms with Gasteiger partial charge in [-0.15, -0.1) is 9.78 Å². The van der Waals surface area contributed by atoms with E-state index in [2.05, 4.69) is 20.4 Å². The van der Waals surface area contributed by atoms with Crippen molar-refractivity contribution in [2.75, 3.05) is 26.1 Å². The van der Waals surface area contributed by atoms with Crippen LogP contribution in [-0.4, -0.2) is 56.9 Å². The minimum absolute atomic E-state index is 0.0671. The molecule has 4 N–H and O–H groups in total. The molecule has 2 aromatic heterocycles. The number of nitrogens with one attached hydrogen (secondary N) is 2. The van der Waals surface area contributed by atoms with E-state index in [4.69, 9.17) is 30.1 Å². The van der Waals surface area contributed by atoms with Crippen LogP contribution in [0, 0.1) is 5.41 Å². The molecule has 0 unspecified atom stereocenters. The van der Waals surface area contributed by atoms with E-state index in [9.17, 15) is 9.59 Å². The lowest BCUT2D eigenvalue weighted by Gasteiger charge is -2.14. The molecule has 0 aliphatic carbocycles. The van der Waals surface area contributed by atoms with Gasteiger partial charge >= 0.3 is 11.7 Å². The Balaban J connectivity index is 1.59. The molecule has 2 aromatic carbocycles. The van der Waals surface area contributed by atoms with Crippen LogP contribution in [0.15, 0.2) is 53.6 Å². The molecule has 1 atom stereocenters. The Labute approximate surface area is 227 Å². The molecule has 0 bridgehead atoms. The van der Waals surface area contributed by atoms with E-state index in [1.807, 2.05) is 0 Å². The predicted octanol–water partition coefficient (Wildman–Crippen LogP) is 1.72. The highest BCUT2D eigenvalue weighted by molar-refractivity contribution is 5.98. The molecule has 4 aromatic rings. The lowest BCUT2D eigenvalue weighted by Crippen LogP contribution is -2.25. The highest BCUT2D eigenvalue weighted by atomic mass is 16.6. The fourth-order valence-corrected chi connectivity index (χ4v) is 4.31. The summed E-state index contributed by atoms with van der Waals surface area (Å²) in [7, 11) is 3.09. The van der Waals surface area contributed by atoms with Crippen LogP contribution in [0.3, 0.4) is 0 Å². The second kappa shape index (κ2) is 10.9. The Bertz CT molecular complexity index is 1650. The van der Waals surface area contributed by atoms with Gasteiger partial charge in [0, 0.05) is 49.8 Å². The first-order valence-electron chi connectivity index (χ1n) is 12.1. The van der Waals surface area contributed by atoms with Gasteiger partial charge in [-0.2, -0.15) is 0 Å². The van der Waals surface area contributed by atoms with E-state index in [1.165, 1.54) is 37.1 Å². The number of nitrogen functional groups attached to an aromatic ring is 1. The molecule has 3 heterocycles. The number of methoxy groups -OCH3 is 2. The summed E-state index contributed by atoms with van der Waals surface area (Å²) in [6.07, 6.45) is 2.68. The average Bonchev–Trinajstić information content (AvgIpc) is 3.51. The zero-order chi connectivity index (χ0) is 28.4. The van der Waals surface area contributed by atoms with Gasteiger partial charge in [0.2, 0.25) is 0 Å². The maximum Gasteiger partial charge on any atom is 0.358 e. The third-order valence-electron chi connectivity index (χ3n) is 6.12. The van der Waals surface area contributed by atoms with E-state index < -0.39 is 11.7 Å². The normalized spacial score (nSPS) is 13.8. The van der Waals surface area contributed by atoms with Crippen molar-refractivity contribution in [1.82, 2.24) is 24.3 Å². The molecular weight excluding hydrogens is 520 g/mol. The topological polar surface area (TPSA) is 181 Å². The molecule has 0 spiro atoms. The third kappa shape index (κ3) is 4.94.